The van der Waals surface area contributed by atoms with Crippen molar-refractivity contribution in [1.82, 2.24) is 9.97 Å². The van der Waals surface area contributed by atoms with Gasteiger partial charge in [-0.3, -0.25) is 0 Å². The van der Waals surface area contributed by atoms with E-state index in [0.29, 0.717) is 11.8 Å². The fourth-order valence-electron chi connectivity index (χ4n) is 1.62. The van der Waals surface area contributed by atoms with Crippen LogP contribution in [0.1, 0.15) is 15.4 Å². The van der Waals surface area contributed by atoms with Crippen molar-refractivity contribution in [2.75, 3.05) is 17.7 Å². The molecule has 90 valence electrons. The molecular formula is C12H16N4S. The number of thiophene rings is 1. The summed E-state index contributed by atoms with van der Waals surface area (Å²) < 4.78 is 0. The van der Waals surface area contributed by atoms with E-state index in [1.807, 2.05) is 18.9 Å². The molecule has 2 heterocycles. The summed E-state index contributed by atoms with van der Waals surface area (Å²) in [4.78, 5) is 13.2. The zero-order chi connectivity index (χ0) is 12.4. The maximum Gasteiger partial charge on any atom is 0.227 e. The summed E-state index contributed by atoms with van der Waals surface area (Å²) in [5.74, 6) is 1.19. The molecule has 0 atom stereocenters. The molecule has 0 fully saturated rings. The first-order chi connectivity index (χ1) is 8.04. The minimum atomic E-state index is 0.515. The molecule has 0 amide bonds. The summed E-state index contributed by atoms with van der Waals surface area (Å²) in [6.45, 7) is 4.83. The number of hydrogen-bond donors (Lipinski definition) is 1. The van der Waals surface area contributed by atoms with Crippen LogP contribution >= 0.6 is 11.3 Å². The summed E-state index contributed by atoms with van der Waals surface area (Å²) in [6, 6.07) is 6.03. The third kappa shape index (κ3) is 2.94. The lowest BCUT2D eigenvalue weighted by atomic mass is 10.4. The Hall–Kier alpha value is -1.62. The van der Waals surface area contributed by atoms with Crippen LogP contribution in [0, 0.1) is 13.8 Å². The second-order valence-electron chi connectivity index (χ2n) is 4.10. The highest BCUT2D eigenvalue weighted by Gasteiger charge is 2.08. The summed E-state index contributed by atoms with van der Waals surface area (Å²) in [5.41, 5.74) is 6.61. The lowest BCUT2D eigenvalue weighted by Gasteiger charge is -2.16. The summed E-state index contributed by atoms with van der Waals surface area (Å²) >= 11 is 1.79. The molecule has 0 bridgehead atoms. The van der Waals surface area contributed by atoms with E-state index in [1.54, 1.807) is 17.4 Å². The van der Waals surface area contributed by atoms with Gasteiger partial charge in [0, 0.05) is 28.6 Å². The molecule has 0 spiro atoms. The number of nitrogen functional groups attached to an aromatic ring is 1. The molecule has 0 radical (unpaired) electrons. The van der Waals surface area contributed by atoms with Crippen LogP contribution in [-0.4, -0.2) is 17.0 Å². The van der Waals surface area contributed by atoms with Crippen molar-refractivity contribution in [2.45, 2.75) is 20.4 Å². The average Bonchev–Trinajstić information content (AvgIpc) is 2.62. The van der Waals surface area contributed by atoms with Gasteiger partial charge in [-0.15, -0.1) is 11.3 Å². The van der Waals surface area contributed by atoms with Gasteiger partial charge >= 0.3 is 0 Å². The van der Waals surface area contributed by atoms with Gasteiger partial charge in [0.1, 0.15) is 5.82 Å². The third-order valence-electron chi connectivity index (χ3n) is 2.39. The van der Waals surface area contributed by atoms with Gasteiger partial charge in [0.25, 0.3) is 0 Å². The Bertz CT molecular complexity index is 501. The molecule has 0 aromatic carbocycles. The summed E-state index contributed by atoms with van der Waals surface area (Å²) in [5, 5.41) is 0. The van der Waals surface area contributed by atoms with Gasteiger partial charge in [-0.05, 0) is 26.0 Å². The molecule has 2 aromatic rings. The molecule has 0 aliphatic rings. The molecule has 2 aromatic heterocycles. The molecule has 2 N–H and O–H groups in total. The van der Waals surface area contributed by atoms with E-state index in [2.05, 4.69) is 29.0 Å². The fraction of sp³-hybridized carbons (Fsp3) is 0.333. The fourth-order valence-corrected chi connectivity index (χ4v) is 2.57. The molecule has 0 aliphatic carbocycles. The Morgan fingerprint density at radius 1 is 1.29 bits per heavy atom. The standard InChI is InChI=1S/C12H16N4S/c1-8-6-11(13)15-12(14-8)16(3)7-10-5-4-9(2)17-10/h4-6H,7H2,1-3H3,(H2,13,14,15). The van der Waals surface area contributed by atoms with Crippen molar-refractivity contribution < 1.29 is 0 Å². The number of anilines is 2. The van der Waals surface area contributed by atoms with Crippen LogP contribution in [0.25, 0.3) is 0 Å². The van der Waals surface area contributed by atoms with Gasteiger partial charge in [0.15, 0.2) is 0 Å². The van der Waals surface area contributed by atoms with Crippen molar-refractivity contribution in [3.63, 3.8) is 0 Å². The number of aryl methyl sites for hydroxylation is 2. The van der Waals surface area contributed by atoms with E-state index in [4.69, 9.17) is 5.73 Å². The molecule has 0 unspecified atom stereocenters. The average molecular weight is 248 g/mol. The van der Waals surface area contributed by atoms with Crippen molar-refractivity contribution in [3.8, 4) is 0 Å². The topological polar surface area (TPSA) is 55.0 Å². The second-order valence-corrected chi connectivity index (χ2v) is 5.48. The Balaban J connectivity index is 2.16. The Kier molecular flexibility index (Phi) is 3.28. The maximum atomic E-state index is 5.72. The minimum Gasteiger partial charge on any atom is -0.384 e. The van der Waals surface area contributed by atoms with Gasteiger partial charge in [-0.2, -0.15) is 4.98 Å². The molecule has 0 aliphatic heterocycles. The quantitative estimate of drug-likeness (QED) is 0.906. The van der Waals surface area contributed by atoms with Gasteiger partial charge in [-0.1, -0.05) is 0 Å². The van der Waals surface area contributed by atoms with Crippen molar-refractivity contribution in [3.05, 3.63) is 33.6 Å². The number of nitrogens with two attached hydrogens (primary N) is 1. The summed E-state index contributed by atoms with van der Waals surface area (Å²) in [7, 11) is 1.98. The van der Waals surface area contributed by atoms with E-state index < -0.39 is 0 Å². The molecule has 0 saturated carbocycles. The number of rotatable bonds is 3. The predicted molar refractivity (Wildman–Crippen MR) is 72.3 cm³/mol. The van der Waals surface area contributed by atoms with Gasteiger partial charge in [0.05, 0.1) is 6.54 Å². The first kappa shape index (κ1) is 11.9. The van der Waals surface area contributed by atoms with Crippen LogP contribution in [0.2, 0.25) is 0 Å². The first-order valence-corrected chi connectivity index (χ1v) is 6.24. The van der Waals surface area contributed by atoms with Gasteiger partial charge < -0.3 is 10.6 Å². The lowest BCUT2D eigenvalue weighted by Crippen LogP contribution is -2.19. The van der Waals surface area contributed by atoms with Gasteiger partial charge in [-0.25, -0.2) is 4.98 Å². The smallest absolute Gasteiger partial charge is 0.227 e. The Morgan fingerprint density at radius 2 is 2.06 bits per heavy atom. The summed E-state index contributed by atoms with van der Waals surface area (Å²) in [6.07, 6.45) is 0. The van der Waals surface area contributed by atoms with Crippen molar-refractivity contribution in [2.24, 2.45) is 0 Å². The highest BCUT2D eigenvalue weighted by atomic mass is 32.1. The lowest BCUT2D eigenvalue weighted by molar-refractivity contribution is 0.873. The van der Waals surface area contributed by atoms with Crippen LogP contribution in [0.3, 0.4) is 0 Å². The second kappa shape index (κ2) is 4.71. The molecule has 2 rings (SSSR count). The van der Waals surface area contributed by atoms with Gasteiger partial charge in [0.2, 0.25) is 5.95 Å². The highest BCUT2D eigenvalue weighted by Crippen LogP contribution is 2.19. The zero-order valence-electron chi connectivity index (χ0n) is 10.3. The highest BCUT2D eigenvalue weighted by molar-refractivity contribution is 7.11. The van der Waals surface area contributed by atoms with Crippen molar-refractivity contribution >= 4 is 23.1 Å². The predicted octanol–water partition coefficient (Wildman–Crippen LogP) is 2.37. The molecule has 0 saturated heterocycles. The van der Waals surface area contributed by atoms with Crippen molar-refractivity contribution in [1.29, 1.82) is 0 Å². The number of hydrogen-bond acceptors (Lipinski definition) is 5. The minimum absolute atomic E-state index is 0.515. The SMILES string of the molecule is Cc1cc(N)nc(N(C)Cc2ccc(C)s2)n1. The molecule has 17 heavy (non-hydrogen) atoms. The third-order valence-corrected chi connectivity index (χ3v) is 3.38. The van der Waals surface area contributed by atoms with E-state index in [0.717, 1.165) is 12.2 Å². The van der Waals surface area contributed by atoms with Crippen LogP contribution in [0.4, 0.5) is 11.8 Å². The van der Waals surface area contributed by atoms with E-state index >= 15 is 0 Å². The number of aromatic nitrogens is 2. The molecule has 4 nitrogen and oxygen atoms in total. The first-order valence-electron chi connectivity index (χ1n) is 5.42. The van der Waals surface area contributed by atoms with E-state index in [1.165, 1.54) is 9.75 Å². The van der Waals surface area contributed by atoms with Crippen LogP contribution in [-0.2, 0) is 6.54 Å². The van der Waals surface area contributed by atoms with Crippen LogP contribution < -0.4 is 10.6 Å². The largest absolute Gasteiger partial charge is 0.384 e. The van der Waals surface area contributed by atoms with E-state index in [9.17, 15) is 0 Å². The number of nitrogens with zero attached hydrogens (tertiary/aromatic N) is 3. The maximum absolute atomic E-state index is 5.72. The molecular weight excluding hydrogens is 232 g/mol. The normalized spacial score (nSPS) is 10.5. The van der Waals surface area contributed by atoms with Crippen LogP contribution in [0.5, 0.6) is 0 Å². The molecule has 5 heteroatoms. The van der Waals surface area contributed by atoms with Crippen LogP contribution in [0.15, 0.2) is 18.2 Å². The Morgan fingerprint density at radius 3 is 2.65 bits per heavy atom. The van der Waals surface area contributed by atoms with E-state index in [-0.39, 0.29) is 0 Å². The Labute approximate surface area is 105 Å². The zero-order valence-corrected chi connectivity index (χ0v) is 11.1. The monoisotopic (exact) mass is 248 g/mol.